The molecule has 1 aromatic carbocycles. The van der Waals surface area contributed by atoms with Gasteiger partial charge < -0.3 is 5.73 Å². The maximum Gasteiger partial charge on any atom is 0.261 e. The molecule has 0 unspecified atom stereocenters. The molecule has 2 amide bonds. The first-order valence-electron chi connectivity index (χ1n) is 4.97. The van der Waals surface area contributed by atoms with Gasteiger partial charge in [0.1, 0.15) is 0 Å². The predicted molar refractivity (Wildman–Crippen MR) is 63.6 cm³/mol. The van der Waals surface area contributed by atoms with Crippen molar-refractivity contribution in [1.29, 1.82) is 0 Å². The highest BCUT2D eigenvalue weighted by Crippen LogP contribution is 2.22. The molecule has 2 rings (SSSR count). The van der Waals surface area contributed by atoms with E-state index in [0.717, 1.165) is 0 Å². The molecule has 16 heavy (non-hydrogen) atoms. The maximum absolute atomic E-state index is 11.9. The van der Waals surface area contributed by atoms with Crippen LogP contribution in [0.4, 0.5) is 0 Å². The van der Waals surface area contributed by atoms with Gasteiger partial charge in [0, 0.05) is 18.3 Å². The highest BCUT2D eigenvalue weighted by Gasteiger charge is 2.35. The van der Waals surface area contributed by atoms with Gasteiger partial charge in [-0.25, -0.2) is 0 Å². The fourth-order valence-electron chi connectivity index (χ4n) is 1.70. The summed E-state index contributed by atoms with van der Waals surface area (Å²) >= 11 is 4.03. The topological polar surface area (TPSA) is 63.4 Å². The summed E-state index contributed by atoms with van der Waals surface area (Å²) in [5.41, 5.74) is 6.60. The van der Waals surface area contributed by atoms with Crippen molar-refractivity contribution in [2.24, 2.45) is 5.73 Å². The van der Waals surface area contributed by atoms with Crippen LogP contribution in [0.5, 0.6) is 0 Å². The fraction of sp³-hybridized carbons (Fsp3) is 0.273. The van der Waals surface area contributed by atoms with E-state index < -0.39 is 0 Å². The summed E-state index contributed by atoms with van der Waals surface area (Å²) in [7, 11) is 0. The Kier molecular flexibility index (Phi) is 2.98. The lowest BCUT2D eigenvalue weighted by Gasteiger charge is -2.17. The van der Waals surface area contributed by atoms with E-state index in [1.165, 1.54) is 4.90 Å². The van der Waals surface area contributed by atoms with Crippen LogP contribution in [0.25, 0.3) is 0 Å². The van der Waals surface area contributed by atoms with Crippen molar-refractivity contribution in [1.82, 2.24) is 4.90 Å². The van der Waals surface area contributed by atoms with Crippen molar-refractivity contribution in [2.45, 2.75) is 6.04 Å². The van der Waals surface area contributed by atoms with Crippen molar-refractivity contribution < 1.29 is 9.59 Å². The van der Waals surface area contributed by atoms with Gasteiger partial charge in [-0.2, -0.15) is 12.6 Å². The minimum Gasteiger partial charge on any atom is -0.325 e. The Bertz CT molecular complexity index is 412. The summed E-state index contributed by atoms with van der Waals surface area (Å²) in [5, 5.41) is 0. The Morgan fingerprint density at radius 1 is 1.19 bits per heavy atom. The van der Waals surface area contributed by atoms with Crippen LogP contribution >= 0.6 is 12.6 Å². The molecule has 0 saturated heterocycles. The van der Waals surface area contributed by atoms with E-state index in [-0.39, 0.29) is 24.4 Å². The molecule has 84 valence electrons. The molecular formula is C11H12N2O2S. The van der Waals surface area contributed by atoms with E-state index in [4.69, 9.17) is 5.73 Å². The molecule has 0 radical (unpaired) electrons. The van der Waals surface area contributed by atoms with E-state index in [2.05, 4.69) is 12.6 Å². The summed E-state index contributed by atoms with van der Waals surface area (Å²) in [6.45, 7) is 0.218. The van der Waals surface area contributed by atoms with Gasteiger partial charge in [0.05, 0.1) is 11.1 Å². The van der Waals surface area contributed by atoms with Gasteiger partial charge >= 0.3 is 0 Å². The zero-order chi connectivity index (χ0) is 11.7. The third-order valence-electron chi connectivity index (χ3n) is 2.53. The number of nitrogens with zero attached hydrogens (tertiary/aromatic N) is 1. The zero-order valence-electron chi connectivity index (χ0n) is 8.59. The molecule has 0 saturated carbocycles. The molecule has 5 heteroatoms. The van der Waals surface area contributed by atoms with Gasteiger partial charge in [0.25, 0.3) is 11.8 Å². The van der Waals surface area contributed by atoms with Crippen molar-refractivity contribution in [2.75, 3.05) is 12.3 Å². The molecule has 1 aromatic rings. The van der Waals surface area contributed by atoms with Gasteiger partial charge in [-0.05, 0) is 12.1 Å². The summed E-state index contributed by atoms with van der Waals surface area (Å²) in [6, 6.07) is 6.51. The normalized spacial score (nSPS) is 16.5. The Hall–Kier alpha value is -1.33. The average Bonchev–Trinajstić information content (AvgIpc) is 2.55. The van der Waals surface area contributed by atoms with Crippen LogP contribution in [0, 0.1) is 0 Å². The number of imide groups is 1. The quantitative estimate of drug-likeness (QED) is 0.594. The van der Waals surface area contributed by atoms with Crippen LogP contribution in [-0.2, 0) is 0 Å². The van der Waals surface area contributed by atoms with Crippen LogP contribution in [0.1, 0.15) is 20.7 Å². The monoisotopic (exact) mass is 236 g/mol. The van der Waals surface area contributed by atoms with Crippen LogP contribution in [0.2, 0.25) is 0 Å². The number of carbonyl (C=O) groups is 2. The third-order valence-corrected chi connectivity index (χ3v) is 3.00. The molecule has 2 N–H and O–H groups in total. The first kappa shape index (κ1) is 11.2. The van der Waals surface area contributed by atoms with Gasteiger partial charge in [-0.3, -0.25) is 14.5 Å². The molecule has 1 heterocycles. The minimum absolute atomic E-state index is 0.218. The van der Waals surface area contributed by atoms with Gasteiger partial charge in [0.2, 0.25) is 0 Å². The number of nitrogens with two attached hydrogens (primary N) is 1. The van der Waals surface area contributed by atoms with Crippen LogP contribution in [-0.4, -0.2) is 35.1 Å². The molecule has 0 aromatic heterocycles. The van der Waals surface area contributed by atoms with Crippen LogP contribution < -0.4 is 5.73 Å². The second-order valence-electron chi connectivity index (χ2n) is 3.71. The molecule has 1 aliphatic rings. The minimum atomic E-state index is -0.287. The molecular weight excluding hydrogens is 224 g/mol. The Labute approximate surface area is 98.8 Å². The van der Waals surface area contributed by atoms with E-state index in [0.29, 0.717) is 16.9 Å². The molecule has 4 nitrogen and oxygen atoms in total. The molecule has 0 aliphatic carbocycles. The van der Waals surface area contributed by atoms with Crippen molar-refractivity contribution >= 4 is 24.4 Å². The fourth-order valence-corrected chi connectivity index (χ4v) is 1.81. The number of amides is 2. The number of carbonyl (C=O) groups excluding carboxylic acids is 2. The SMILES string of the molecule is N[C@@H](CS)CN1C(=O)c2ccccc2C1=O. The number of rotatable bonds is 3. The second-order valence-corrected chi connectivity index (χ2v) is 4.07. The van der Waals surface area contributed by atoms with Crippen LogP contribution in [0.15, 0.2) is 24.3 Å². The summed E-state index contributed by atoms with van der Waals surface area (Å²) in [6.07, 6.45) is 0. The number of hydrogen-bond donors (Lipinski definition) is 2. The zero-order valence-corrected chi connectivity index (χ0v) is 9.48. The van der Waals surface area contributed by atoms with E-state index >= 15 is 0 Å². The first-order valence-corrected chi connectivity index (χ1v) is 5.60. The second kappa shape index (κ2) is 4.27. The Morgan fingerprint density at radius 2 is 1.69 bits per heavy atom. The summed E-state index contributed by atoms with van der Waals surface area (Å²) in [5.74, 6) is -0.0939. The highest BCUT2D eigenvalue weighted by molar-refractivity contribution is 7.80. The number of thiol groups is 1. The predicted octanol–water partition coefficient (Wildman–Crippen LogP) is 0.540. The molecule has 1 atom stereocenters. The van der Waals surface area contributed by atoms with Crippen LogP contribution in [0.3, 0.4) is 0 Å². The maximum atomic E-state index is 11.9. The molecule has 0 spiro atoms. The standard InChI is InChI=1S/C11H12N2O2S/c12-7(6-16)5-13-10(14)8-3-1-2-4-9(8)11(13)15/h1-4,7,16H,5-6,12H2/t7-/m1/s1. The van der Waals surface area contributed by atoms with Gasteiger partial charge in [0.15, 0.2) is 0 Å². The number of benzene rings is 1. The summed E-state index contributed by atoms with van der Waals surface area (Å²) in [4.78, 5) is 25.0. The van der Waals surface area contributed by atoms with Gasteiger partial charge in [-0.15, -0.1) is 0 Å². The molecule has 0 bridgehead atoms. The summed E-state index contributed by atoms with van der Waals surface area (Å²) < 4.78 is 0. The van der Waals surface area contributed by atoms with E-state index in [1.54, 1.807) is 24.3 Å². The van der Waals surface area contributed by atoms with Crippen molar-refractivity contribution in [3.63, 3.8) is 0 Å². The van der Waals surface area contributed by atoms with E-state index in [9.17, 15) is 9.59 Å². The van der Waals surface area contributed by atoms with E-state index in [1.807, 2.05) is 0 Å². The number of fused-ring (bicyclic) bond motifs is 1. The molecule has 0 fully saturated rings. The largest absolute Gasteiger partial charge is 0.325 e. The highest BCUT2D eigenvalue weighted by atomic mass is 32.1. The van der Waals surface area contributed by atoms with Gasteiger partial charge in [-0.1, -0.05) is 12.1 Å². The average molecular weight is 236 g/mol. The first-order chi connectivity index (χ1) is 7.65. The lowest BCUT2D eigenvalue weighted by Crippen LogP contribution is -2.41. The Morgan fingerprint density at radius 3 is 2.12 bits per heavy atom. The number of hydrogen-bond acceptors (Lipinski definition) is 4. The smallest absolute Gasteiger partial charge is 0.261 e. The lowest BCUT2D eigenvalue weighted by molar-refractivity contribution is 0.0648. The van der Waals surface area contributed by atoms with Crippen molar-refractivity contribution in [3.05, 3.63) is 35.4 Å². The lowest BCUT2D eigenvalue weighted by atomic mass is 10.1. The molecule has 1 aliphatic heterocycles. The third kappa shape index (κ3) is 1.72. The Balaban J connectivity index is 2.28. The van der Waals surface area contributed by atoms with Crippen molar-refractivity contribution in [3.8, 4) is 0 Å².